The van der Waals surface area contributed by atoms with Gasteiger partial charge in [-0.25, -0.2) is 4.85 Å². The summed E-state index contributed by atoms with van der Waals surface area (Å²) in [4.78, 5) is 14.2. The van der Waals surface area contributed by atoms with E-state index in [0.717, 1.165) is 12.8 Å². The molecule has 0 bridgehead atoms. The van der Waals surface area contributed by atoms with E-state index in [4.69, 9.17) is 16.4 Å². The number of hydrogen-bond acceptors (Lipinski definition) is 3. The number of nitrogens with zero attached hydrogens (tertiary/aromatic N) is 1. The van der Waals surface area contributed by atoms with Crippen molar-refractivity contribution in [1.82, 2.24) is 0 Å². The van der Waals surface area contributed by atoms with Crippen LogP contribution in [0.1, 0.15) is 110 Å². The van der Waals surface area contributed by atoms with E-state index in [2.05, 4.69) is 11.8 Å². The molecule has 0 heterocycles. The maximum atomic E-state index is 11.3. The minimum Gasteiger partial charge on any atom is -0.526 e. The van der Waals surface area contributed by atoms with E-state index in [1.165, 1.54) is 89.9 Å². The summed E-state index contributed by atoms with van der Waals surface area (Å²) in [5, 5.41) is 8.66. The molecule has 0 aromatic rings. The largest absolute Gasteiger partial charge is 0.526 e. The van der Waals surface area contributed by atoms with Gasteiger partial charge in [-0.15, -0.1) is 0 Å². The highest BCUT2D eigenvalue weighted by atomic mass is 16.5. The van der Waals surface area contributed by atoms with Crippen LogP contribution in [0.25, 0.3) is 4.85 Å². The third kappa shape index (κ3) is 16.0. The minimum absolute atomic E-state index is 0.324. The van der Waals surface area contributed by atoms with Gasteiger partial charge in [-0.2, -0.15) is 0 Å². The molecule has 0 saturated carbocycles. The van der Waals surface area contributed by atoms with Crippen molar-refractivity contribution in [3.63, 3.8) is 0 Å². The maximum Gasteiger partial charge on any atom is 0.339 e. The van der Waals surface area contributed by atoms with Crippen molar-refractivity contribution in [2.75, 3.05) is 6.61 Å². The van der Waals surface area contributed by atoms with E-state index < -0.39 is 5.97 Å². The molecule has 0 aromatic carbocycles. The van der Waals surface area contributed by atoms with Crippen molar-refractivity contribution in [2.45, 2.75) is 110 Å². The maximum absolute atomic E-state index is 11.3. The quantitative estimate of drug-likeness (QED) is 0.0925. The van der Waals surface area contributed by atoms with Gasteiger partial charge in [0.15, 0.2) is 0 Å². The molecule has 4 heteroatoms. The van der Waals surface area contributed by atoms with E-state index >= 15 is 0 Å². The number of carbonyl (C=O) groups excluding carboxylic acids is 1. The molecule has 0 aliphatic heterocycles. The van der Waals surface area contributed by atoms with Crippen LogP contribution in [0.4, 0.5) is 0 Å². The molecule has 0 fully saturated rings. The molecule has 26 heavy (non-hydrogen) atoms. The topological polar surface area (TPSA) is 50.9 Å². The Bertz CT molecular complexity index is 399. The first-order valence-corrected chi connectivity index (χ1v) is 10.6. The molecular weight excluding hydrogens is 326 g/mol. The van der Waals surface area contributed by atoms with Crippen LogP contribution >= 0.6 is 0 Å². The number of esters is 1. The van der Waals surface area contributed by atoms with Gasteiger partial charge >= 0.3 is 11.7 Å². The van der Waals surface area contributed by atoms with Crippen LogP contribution in [0, 0.1) is 6.57 Å². The van der Waals surface area contributed by atoms with Crippen LogP contribution in [-0.2, 0) is 9.53 Å². The van der Waals surface area contributed by atoms with Gasteiger partial charge in [0.1, 0.15) is 0 Å². The second-order valence-electron chi connectivity index (χ2n) is 7.07. The van der Waals surface area contributed by atoms with Gasteiger partial charge in [0.05, 0.1) is 19.4 Å². The van der Waals surface area contributed by atoms with Crippen molar-refractivity contribution in [2.24, 2.45) is 0 Å². The lowest BCUT2D eigenvalue weighted by Gasteiger charge is -2.04. The van der Waals surface area contributed by atoms with Gasteiger partial charge in [-0.3, -0.25) is 4.79 Å². The SMILES string of the molecule is [C-]#[N+]C(=CO)C(=O)OCCCCCCCCCCCCCCCCCC. The van der Waals surface area contributed by atoms with Crippen LogP contribution in [-0.4, -0.2) is 17.7 Å². The first-order chi connectivity index (χ1) is 12.8. The van der Waals surface area contributed by atoms with Crippen molar-refractivity contribution in [3.8, 4) is 0 Å². The van der Waals surface area contributed by atoms with E-state index in [1.54, 1.807) is 0 Å². The fourth-order valence-corrected chi connectivity index (χ4v) is 3.02. The summed E-state index contributed by atoms with van der Waals surface area (Å²) in [7, 11) is 0. The molecule has 1 N–H and O–H groups in total. The standard InChI is InChI=1S/C22H39NO3/c1-3-4-5-6-7-8-9-10-11-12-13-14-15-16-17-18-19-26-22(25)21(20-24)23-2/h20,24H,3-19H2,1H3. The third-order valence-electron chi connectivity index (χ3n) is 4.68. The van der Waals surface area contributed by atoms with E-state index in [9.17, 15) is 4.79 Å². The Morgan fingerprint density at radius 2 is 1.19 bits per heavy atom. The minimum atomic E-state index is -0.733. The zero-order valence-electron chi connectivity index (χ0n) is 16.8. The van der Waals surface area contributed by atoms with Crippen molar-refractivity contribution >= 4 is 5.97 Å². The lowest BCUT2D eigenvalue weighted by atomic mass is 10.0. The summed E-state index contributed by atoms with van der Waals surface area (Å²) in [6.07, 6.45) is 21.4. The van der Waals surface area contributed by atoms with Crippen LogP contribution in [0.5, 0.6) is 0 Å². The summed E-state index contributed by atoms with van der Waals surface area (Å²) >= 11 is 0. The van der Waals surface area contributed by atoms with Crippen LogP contribution in [0.3, 0.4) is 0 Å². The van der Waals surface area contributed by atoms with E-state index in [0.29, 0.717) is 12.9 Å². The van der Waals surface area contributed by atoms with Crippen LogP contribution in [0.15, 0.2) is 12.0 Å². The molecule has 0 radical (unpaired) electrons. The zero-order valence-corrected chi connectivity index (χ0v) is 16.8. The molecule has 0 unspecified atom stereocenters. The highest BCUT2D eigenvalue weighted by Gasteiger charge is 2.10. The molecule has 4 nitrogen and oxygen atoms in total. The Balaban J connectivity index is 3.18. The van der Waals surface area contributed by atoms with Gasteiger partial charge in [0.25, 0.3) is 0 Å². The fraction of sp³-hybridized carbons (Fsp3) is 0.818. The highest BCUT2D eigenvalue weighted by molar-refractivity contribution is 5.89. The van der Waals surface area contributed by atoms with Gasteiger partial charge in [0, 0.05) is 0 Å². The molecule has 0 amide bonds. The Labute approximate surface area is 160 Å². The van der Waals surface area contributed by atoms with E-state index in [-0.39, 0.29) is 5.70 Å². The van der Waals surface area contributed by atoms with Crippen molar-refractivity contribution < 1.29 is 14.6 Å². The number of ether oxygens (including phenoxy) is 1. The van der Waals surface area contributed by atoms with Gasteiger partial charge in [-0.1, -0.05) is 103 Å². The lowest BCUT2D eigenvalue weighted by molar-refractivity contribution is -0.138. The molecule has 0 aliphatic carbocycles. The number of unbranched alkanes of at least 4 members (excludes halogenated alkanes) is 15. The summed E-state index contributed by atoms with van der Waals surface area (Å²) in [6.45, 7) is 9.28. The normalized spacial score (nSPS) is 11.3. The third-order valence-corrected chi connectivity index (χ3v) is 4.68. The second-order valence-corrected chi connectivity index (χ2v) is 7.07. The Morgan fingerprint density at radius 3 is 1.54 bits per heavy atom. The second kappa shape index (κ2) is 19.8. The van der Waals surface area contributed by atoms with E-state index in [1.807, 2.05) is 0 Å². The smallest absolute Gasteiger partial charge is 0.339 e. The highest BCUT2D eigenvalue weighted by Crippen LogP contribution is 2.13. The number of carbonyl (C=O) groups is 1. The molecule has 0 atom stereocenters. The van der Waals surface area contributed by atoms with Crippen LogP contribution < -0.4 is 0 Å². The average molecular weight is 366 g/mol. The first kappa shape index (κ1) is 24.5. The summed E-state index contributed by atoms with van der Waals surface area (Å²) in [5.74, 6) is -0.733. The summed E-state index contributed by atoms with van der Waals surface area (Å²) in [5.41, 5.74) is -0.360. The Hall–Kier alpha value is -1.50. The molecule has 0 aromatic heterocycles. The summed E-state index contributed by atoms with van der Waals surface area (Å²) in [6, 6.07) is 0. The first-order valence-electron chi connectivity index (χ1n) is 10.6. The predicted octanol–water partition coefficient (Wildman–Crippen LogP) is 7.11. The molecule has 0 rings (SSSR count). The average Bonchev–Trinajstić information content (AvgIpc) is 2.65. The number of rotatable bonds is 18. The van der Waals surface area contributed by atoms with Gasteiger partial charge in [-0.05, 0) is 6.42 Å². The molecule has 150 valence electrons. The number of hydrogen-bond donors (Lipinski definition) is 1. The number of aliphatic hydroxyl groups excluding tert-OH is 1. The predicted molar refractivity (Wildman–Crippen MR) is 108 cm³/mol. The van der Waals surface area contributed by atoms with Crippen molar-refractivity contribution in [3.05, 3.63) is 23.4 Å². The van der Waals surface area contributed by atoms with Gasteiger partial charge < -0.3 is 9.84 Å². The van der Waals surface area contributed by atoms with Gasteiger partial charge in [0.2, 0.25) is 0 Å². The number of aliphatic hydroxyl groups is 1. The monoisotopic (exact) mass is 365 g/mol. The molecule has 0 spiro atoms. The fourth-order valence-electron chi connectivity index (χ4n) is 3.02. The molecule has 0 saturated heterocycles. The Morgan fingerprint density at radius 1 is 0.808 bits per heavy atom. The lowest BCUT2D eigenvalue weighted by Crippen LogP contribution is -2.07. The van der Waals surface area contributed by atoms with Crippen molar-refractivity contribution in [1.29, 1.82) is 0 Å². The van der Waals surface area contributed by atoms with Crippen LogP contribution in [0.2, 0.25) is 0 Å². The molecular formula is C22H39NO3. The summed E-state index contributed by atoms with van der Waals surface area (Å²) < 4.78 is 4.92. The zero-order chi connectivity index (χ0) is 19.3. The Kier molecular flexibility index (Phi) is 18.7. The molecule has 0 aliphatic rings.